The van der Waals surface area contributed by atoms with Gasteiger partial charge in [0.2, 0.25) is 11.8 Å². The van der Waals surface area contributed by atoms with Gasteiger partial charge in [-0.05, 0) is 29.2 Å². The van der Waals surface area contributed by atoms with Gasteiger partial charge >= 0.3 is 0 Å². The Kier molecular flexibility index (Phi) is 7.49. The predicted octanol–water partition coefficient (Wildman–Crippen LogP) is 4.34. The molecule has 160 valence electrons. The summed E-state index contributed by atoms with van der Waals surface area (Å²) in [5, 5.41) is 0. The number of rotatable bonds is 9. The van der Waals surface area contributed by atoms with Gasteiger partial charge in [0.25, 0.3) is 0 Å². The molecule has 2 heterocycles. The smallest absolute Gasteiger partial charge is 0.222 e. The molecule has 3 rings (SSSR count). The van der Waals surface area contributed by atoms with E-state index in [1.807, 2.05) is 50.4 Å². The minimum absolute atomic E-state index is 0.00124. The number of benzene rings is 1. The van der Waals surface area contributed by atoms with Gasteiger partial charge in [-0.3, -0.25) is 14.6 Å². The fourth-order valence-electron chi connectivity index (χ4n) is 3.23. The molecule has 0 N–H and O–H groups in total. The molecule has 1 amide bonds. The largest absolute Gasteiger partial charge is 0.481 e. The van der Waals surface area contributed by atoms with E-state index in [1.54, 1.807) is 36.5 Å². The summed E-state index contributed by atoms with van der Waals surface area (Å²) in [6, 6.07) is 15.4. The van der Waals surface area contributed by atoms with Crippen molar-refractivity contribution in [1.29, 1.82) is 0 Å². The first-order valence-corrected chi connectivity index (χ1v) is 10.3. The molecule has 0 bridgehead atoms. The number of ether oxygens (including phenoxy) is 1. The van der Waals surface area contributed by atoms with Crippen LogP contribution in [0.3, 0.4) is 0 Å². The molecule has 0 aliphatic rings. The van der Waals surface area contributed by atoms with E-state index < -0.39 is 0 Å². The summed E-state index contributed by atoms with van der Waals surface area (Å²) in [5.41, 5.74) is 4.48. The maximum Gasteiger partial charge on any atom is 0.222 e. The van der Waals surface area contributed by atoms with E-state index >= 15 is 0 Å². The van der Waals surface area contributed by atoms with Crippen molar-refractivity contribution in [3.63, 3.8) is 0 Å². The summed E-state index contributed by atoms with van der Waals surface area (Å²) in [7, 11) is 3.38. The Hall–Kier alpha value is -3.54. The van der Waals surface area contributed by atoms with Gasteiger partial charge < -0.3 is 9.64 Å². The normalized spacial score (nSPS) is 10.5. The number of aryl methyl sites for hydroxylation is 1. The minimum Gasteiger partial charge on any atom is -0.481 e. The third-order valence-electron chi connectivity index (χ3n) is 5.13. The Morgan fingerprint density at radius 3 is 2.19 bits per heavy atom. The molecule has 1 aromatic carbocycles. The number of methoxy groups -OCH3 is 1. The SMILES string of the molecule is CCC(=O)N(C)Cc1ccc(-c2ccc(C(=O)CCc3ccc(OC)nc3)nc2)cc1. The number of carbonyl (C=O) groups excluding carboxylic acids is 2. The fourth-order valence-corrected chi connectivity index (χ4v) is 3.23. The monoisotopic (exact) mass is 417 g/mol. The number of nitrogens with zero attached hydrogens (tertiary/aromatic N) is 3. The Morgan fingerprint density at radius 1 is 0.903 bits per heavy atom. The van der Waals surface area contributed by atoms with Crippen molar-refractivity contribution in [3.05, 3.63) is 77.7 Å². The number of hydrogen-bond donors (Lipinski definition) is 0. The molecular weight excluding hydrogens is 390 g/mol. The van der Waals surface area contributed by atoms with Crippen LogP contribution in [0.15, 0.2) is 60.9 Å². The molecule has 0 saturated carbocycles. The van der Waals surface area contributed by atoms with Gasteiger partial charge in [-0.1, -0.05) is 43.3 Å². The molecule has 6 nitrogen and oxygen atoms in total. The molecule has 0 spiro atoms. The van der Waals surface area contributed by atoms with E-state index in [4.69, 9.17) is 4.74 Å². The van der Waals surface area contributed by atoms with Gasteiger partial charge in [-0.15, -0.1) is 0 Å². The first-order chi connectivity index (χ1) is 15.0. The topological polar surface area (TPSA) is 72.4 Å². The lowest BCUT2D eigenvalue weighted by Gasteiger charge is -2.16. The van der Waals surface area contributed by atoms with Crippen LogP contribution in [0.25, 0.3) is 11.1 Å². The molecule has 0 aliphatic heterocycles. The van der Waals surface area contributed by atoms with E-state index in [2.05, 4.69) is 9.97 Å². The Balaban J connectivity index is 1.58. The molecule has 3 aromatic rings. The van der Waals surface area contributed by atoms with Crippen LogP contribution >= 0.6 is 0 Å². The average molecular weight is 418 g/mol. The second-order valence-electron chi connectivity index (χ2n) is 7.36. The van der Waals surface area contributed by atoms with Crippen LogP contribution in [-0.2, 0) is 17.8 Å². The number of amides is 1. The summed E-state index contributed by atoms with van der Waals surface area (Å²) in [6.07, 6.45) is 4.93. The number of Topliss-reactive ketones (excluding diaryl/α,β-unsaturated/α-hetero) is 1. The highest BCUT2D eigenvalue weighted by Gasteiger charge is 2.10. The van der Waals surface area contributed by atoms with Crippen molar-refractivity contribution in [2.24, 2.45) is 0 Å². The van der Waals surface area contributed by atoms with Crippen LogP contribution in [0.5, 0.6) is 5.88 Å². The number of aromatic nitrogens is 2. The predicted molar refractivity (Wildman–Crippen MR) is 120 cm³/mol. The second kappa shape index (κ2) is 10.5. The first kappa shape index (κ1) is 22.2. The highest BCUT2D eigenvalue weighted by Crippen LogP contribution is 2.20. The van der Waals surface area contributed by atoms with Crippen molar-refractivity contribution in [2.75, 3.05) is 14.2 Å². The van der Waals surface area contributed by atoms with Gasteiger partial charge in [-0.25, -0.2) is 4.98 Å². The molecule has 0 aliphatic carbocycles. The number of ketones is 1. The standard InChI is InChI=1S/C25H27N3O3/c1-4-25(30)28(2)17-19-5-9-20(10-6-19)21-11-12-22(26-16-21)23(29)13-7-18-8-14-24(31-3)27-15-18/h5-6,8-12,14-16H,4,7,13,17H2,1-3H3. The highest BCUT2D eigenvalue weighted by atomic mass is 16.5. The zero-order valence-corrected chi connectivity index (χ0v) is 18.2. The zero-order chi connectivity index (χ0) is 22.2. The molecule has 0 radical (unpaired) electrons. The van der Waals surface area contributed by atoms with Gasteiger partial charge in [-0.2, -0.15) is 0 Å². The third-order valence-corrected chi connectivity index (χ3v) is 5.13. The van der Waals surface area contributed by atoms with Crippen LogP contribution in [0, 0.1) is 0 Å². The van der Waals surface area contributed by atoms with Crippen molar-refractivity contribution >= 4 is 11.7 Å². The fraction of sp³-hybridized carbons (Fsp3) is 0.280. The van der Waals surface area contributed by atoms with E-state index in [1.165, 1.54) is 0 Å². The first-order valence-electron chi connectivity index (χ1n) is 10.3. The molecule has 0 atom stereocenters. The Morgan fingerprint density at radius 2 is 1.61 bits per heavy atom. The van der Waals surface area contributed by atoms with Crippen molar-refractivity contribution in [1.82, 2.24) is 14.9 Å². The summed E-state index contributed by atoms with van der Waals surface area (Å²) in [6.45, 7) is 2.45. The summed E-state index contributed by atoms with van der Waals surface area (Å²) >= 11 is 0. The van der Waals surface area contributed by atoms with E-state index in [-0.39, 0.29) is 11.7 Å². The lowest BCUT2D eigenvalue weighted by molar-refractivity contribution is -0.130. The Bertz CT molecular complexity index is 1010. The maximum atomic E-state index is 12.5. The number of pyridine rings is 2. The molecular formula is C25H27N3O3. The number of hydrogen-bond acceptors (Lipinski definition) is 5. The van der Waals surface area contributed by atoms with Crippen LogP contribution in [0.2, 0.25) is 0 Å². The van der Waals surface area contributed by atoms with E-state index in [0.29, 0.717) is 37.4 Å². The summed E-state index contributed by atoms with van der Waals surface area (Å²) < 4.78 is 5.05. The Labute approximate surface area is 182 Å². The maximum absolute atomic E-state index is 12.5. The average Bonchev–Trinajstić information content (AvgIpc) is 2.82. The zero-order valence-electron chi connectivity index (χ0n) is 18.2. The minimum atomic E-state index is 0.00124. The molecule has 0 fully saturated rings. The van der Waals surface area contributed by atoms with Crippen LogP contribution in [-0.4, -0.2) is 40.7 Å². The highest BCUT2D eigenvalue weighted by molar-refractivity contribution is 5.94. The van der Waals surface area contributed by atoms with Gasteiger partial charge in [0.15, 0.2) is 5.78 Å². The molecule has 6 heteroatoms. The lowest BCUT2D eigenvalue weighted by Crippen LogP contribution is -2.25. The number of carbonyl (C=O) groups is 2. The van der Waals surface area contributed by atoms with E-state index in [0.717, 1.165) is 22.3 Å². The van der Waals surface area contributed by atoms with Crippen LogP contribution < -0.4 is 4.74 Å². The van der Waals surface area contributed by atoms with Crippen molar-refractivity contribution in [3.8, 4) is 17.0 Å². The van der Waals surface area contributed by atoms with Gasteiger partial charge in [0, 0.05) is 50.5 Å². The van der Waals surface area contributed by atoms with Crippen LogP contribution in [0.4, 0.5) is 0 Å². The second-order valence-corrected chi connectivity index (χ2v) is 7.36. The summed E-state index contributed by atoms with van der Waals surface area (Å²) in [5.74, 6) is 0.681. The van der Waals surface area contributed by atoms with Crippen molar-refractivity contribution < 1.29 is 14.3 Å². The van der Waals surface area contributed by atoms with Gasteiger partial charge in [0.05, 0.1) is 7.11 Å². The molecule has 0 unspecified atom stereocenters. The lowest BCUT2D eigenvalue weighted by atomic mass is 10.0. The van der Waals surface area contributed by atoms with Crippen molar-refractivity contribution in [2.45, 2.75) is 32.7 Å². The van der Waals surface area contributed by atoms with E-state index in [9.17, 15) is 9.59 Å². The quantitative estimate of drug-likeness (QED) is 0.485. The molecule has 31 heavy (non-hydrogen) atoms. The molecule has 0 saturated heterocycles. The van der Waals surface area contributed by atoms with Crippen LogP contribution in [0.1, 0.15) is 41.4 Å². The van der Waals surface area contributed by atoms with Gasteiger partial charge in [0.1, 0.15) is 5.69 Å². The third kappa shape index (κ3) is 5.98. The summed E-state index contributed by atoms with van der Waals surface area (Å²) in [4.78, 5) is 34.4. The molecule has 2 aromatic heterocycles.